The van der Waals surface area contributed by atoms with Crippen molar-refractivity contribution in [2.24, 2.45) is 23.2 Å². The van der Waals surface area contributed by atoms with Gasteiger partial charge in [-0.1, -0.05) is 382 Å². The second kappa shape index (κ2) is 29.1. The van der Waals surface area contributed by atoms with E-state index in [1.54, 1.807) is 0 Å². The van der Waals surface area contributed by atoms with E-state index in [1.807, 2.05) is 0 Å². The molecule has 21 aromatic rings. The van der Waals surface area contributed by atoms with Crippen LogP contribution in [0.2, 0.25) is 0 Å². The second-order valence-corrected chi connectivity index (χ2v) is 37.1. The van der Waals surface area contributed by atoms with E-state index in [4.69, 9.17) is 0 Å². The minimum absolute atomic E-state index is 0.116. The Labute approximate surface area is 712 Å². The molecule has 0 aliphatic heterocycles. The van der Waals surface area contributed by atoms with E-state index in [9.17, 15) is 4.18 Å². The van der Waals surface area contributed by atoms with Crippen molar-refractivity contribution in [3.05, 3.63) is 419 Å². The van der Waals surface area contributed by atoms with Crippen LogP contribution in [0.25, 0.3) is 197 Å². The first-order valence-corrected chi connectivity index (χ1v) is 44.8. The molecule has 578 valence electrons. The zero-order valence-electron chi connectivity index (χ0n) is 67.5. The second-order valence-electron chi connectivity index (χ2n) is 34.6. The minimum atomic E-state index is -4.08. The highest BCUT2D eigenvalue weighted by Crippen LogP contribution is 2.81. The van der Waals surface area contributed by atoms with Gasteiger partial charge in [-0.15, -0.1) is 0 Å². The maximum Gasteiger partial charge on any atom is 0.323 e. The van der Waals surface area contributed by atoms with Gasteiger partial charge < -0.3 is 4.18 Å². The van der Waals surface area contributed by atoms with E-state index in [0.717, 1.165) is 250 Å². The molecule has 0 amide bonds. The van der Waals surface area contributed by atoms with Gasteiger partial charge in [0.15, 0.2) is 0 Å². The summed E-state index contributed by atoms with van der Waals surface area (Å²) >= 11 is 0. The summed E-state index contributed by atoms with van der Waals surface area (Å²) in [6, 6.07) is 158. The number of benzene rings is 21. The number of fused-ring (bicyclic) bond motifs is 9. The summed E-state index contributed by atoms with van der Waals surface area (Å²) in [7, 11) is -4.08. The third-order valence-corrected chi connectivity index (χ3v) is 31.0. The van der Waals surface area contributed by atoms with E-state index >= 15 is 4.79 Å². The number of rotatable bonds is 14. The van der Waals surface area contributed by atoms with Gasteiger partial charge in [-0.05, 0) is 300 Å². The molecule has 0 spiro atoms. The van der Waals surface area contributed by atoms with Crippen LogP contribution in [0, 0.1) is 23.2 Å². The predicted octanol–water partition coefficient (Wildman–Crippen LogP) is 33.0. The van der Waals surface area contributed by atoms with Gasteiger partial charge in [-0.3, -0.25) is 4.79 Å². The van der Waals surface area contributed by atoms with Crippen molar-refractivity contribution in [2.45, 2.75) is 53.2 Å². The summed E-state index contributed by atoms with van der Waals surface area (Å²) in [4.78, 5) is 22.3. The van der Waals surface area contributed by atoms with Gasteiger partial charge in [0.1, 0.15) is 0 Å². The number of hydrogen-bond acceptors (Lipinski definition) is 2. The monoisotopic (exact) mass is 1580 g/mol. The van der Waals surface area contributed by atoms with Crippen molar-refractivity contribution in [1.82, 2.24) is 0 Å². The topological polar surface area (TPSA) is 26.3 Å². The van der Waals surface area contributed by atoms with E-state index in [-0.39, 0.29) is 5.97 Å². The SMILES string of the molecule is O=C(OS(c1c(-c2cccc3ccccc23)cc(-c2cccc3ccccc23)cc1-c1cccc2ccccc12)(c1c(-c2cccc3ccccc23)cc(-c2cccc3ccccc23)cc1-c1cccc2ccccc12)c1c(-c2cccc3ccccc23)cc(-c2cccc3ccccc23)cc1-c1cccc2ccccc12)C12CC3CC(CC(C3)C1)C2. The molecule has 0 unspecified atom stereocenters. The van der Waals surface area contributed by atoms with Crippen molar-refractivity contribution in [3.8, 4) is 100 Å². The maximum absolute atomic E-state index is 19.5. The van der Waals surface area contributed by atoms with Crippen LogP contribution in [0.3, 0.4) is 0 Å². The first-order valence-electron chi connectivity index (χ1n) is 43.3. The Morgan fingerprint density at radius 2 is 0.369 bits per heavy atom. The van der Waals surface area contributed by atoms with Crippen LogP contribution in [0.4, 0.5) is 0 Å². The molecule has 3 heteroatoms. The van der Waals surface area contributed by atoms with Gasteiger partial charge in [-0.25, -0.2) is 0 Å². The molecule has 4 saturated carbocycles. The summed E-state index contributed by atoms with van der Waals surface area (Å²) < 4.78 is 9.82. The van der Waals surface area contributed by atoms with E-state index in [2.05, 4.69) is 419 Å². The summed E-state index contributed by atoms with van der Waals surface area (Å²) in [5, 5.41) is 20.0. The lowest BCUT2D eigenvalue weighted by Gasteiger charge is -2.56. The molecular formula is C119H84O2S. The standard InChI is InChI=1S/C119H84O2S/c120-118(119-73-76-64-77(74-119)66-78(65-76)75-119)121-122(115-109(103-58-22-40-82-31-4-13-49-94(82)103)67-88(100-55-19-37-79-28-1-10-46-91(79)100)68-110(115)104-59-23-41-83-32-5-14-50-95(83)104,116-111(105-60-24-42-84-33-6-15-51-96(84)105)69-89(101-56-20-38-80-29-2-11-47-92(80)101)70-112(116)106-61-25-43-85-34-7-16-52-97(85)106)117-113(107-62-26-44-86-35-8-17-53-98(86)107)71-90(102-57-21-39-81-30-3-12-48-93(81)102)72-114(117)108-63-27-45-87-36-9-18-54-99(87)108/h1-63,67-72,76-78H,64-66,73-75H2. The van der Waals surface area contributed by atoms with Crippen LogP contribution >= 0.6 is 10.3 Å². The number of carbonyl (C=O) groups is 1. The highest BCUT2D eigenvalue weighted by atomic mass is 32.3. The normalized spacial score (nSPS) is 16.4. The van der Waals surface area contributed by atoms with Crippen LogP contribution in [-0.2, 0) is 8.98 Å². The molecule has 0 atom stereocenters. The summed E-state index contributed by atoms with van der Waals surface area (Å²) in [6.45, 7) is 0. The molecule has 0 saturated heterocycles. The van der Waals surface area contributed by atoms with Crippen LogP contribution in [0.5, 0.6) is 0 Å². The zero-order valence-corrected chi connectivity index (χ0v) is 68.4. The van der Waals surface area contributed by atoms with Gasteiger partial charge >= 0.3 is 5.97 Å². The maximum atomic E-state index is 19.5. The van der Waals surface area contributed by atoms with Crippen molar-refractivity contribution in [1.29, 1.82) is 0 Å². The number of hydrogen-bond donors (Lipinski definition) is 0. The molecule has 4 aliphatic rings. The lowest BCUT2D eigenvalue weighted by Crippen LogP contribution is -2.50. The molecule has 0 N–H and O–H groups in total. The fourth-order valence-corrected chi connectivity index (χ4v) is 26.8. The minimum Gasteiger partial charge on any atom is -0.401 e. The smallest absolute Gasteiger partial charge is 0.323 e. The highest BCUT2D eigenvalue weighted by Gasteiger charge is 2.59. The fourth-order valence-electron chi connectivity index (χ4n) is 22.7. The molecule has 4 bridgehead atoms. The first kappa shape index (κ1) is 71.9. The predicted molar refractivity (Wildman–Crippen MR) is 515 cm³/mol. The molecule has 4 aliphatic carbocycles. The Balaban J connectivity index is 1.04. The summed E-state index contributed by atoms with van der Waals surface area (Å²) in [6.07, 6.45) is 5.69. The Hall–Kier alpha value is -14.2. The molecule has 122 heavy (non-hydrogen) atoms. The largest absolute Gasteiger partial charge is 0.401 e. The lowest BCUT2D eigenvalue weighted by atomic mass is 9.49. The lowest BCUT2D eigenvalue weighted by molar-refractivity contribution is -0.160. The van der Waals surface area contributed by atoms with Crippen molar-refractivity contribution in [2.75, 3.05) is 0 Å². The Bertz CT molecular complexity index is 6820. The summed E-state index contributed by atoms with van der Waals surface area (Å²) in [5.74, 6) is 1.02. The molecule has 25 rings (SSSR count). The highest BCUT2D eigenvalue weighted by molar-refractivity contribution is 8.30. The quantitative estimate of drug-likeness (QED) is 0.108. The van der Waals surface area contributed by atoms with Gasteiger partial charge in [-0.2, -0.15) is 0 Å². The summed E-state index contributed by atoms with van der Waals surface area (Å²) in [5.41, 5.74) is 17.6. The third-order valence-electron chi connectivity index (χ3n) is 27.6. The van der Waals surface area contributed by atoms with Gasteiger partial charge in [0, 0.05) is 14.7 Å². The Kier molecular flexibility index (Phi) is 17.1. The average Bonchev–Trinajstić information content (AvgIpc) is 0.684. The third kappa shape index (κ3) is 11.7. The first-order chi connectivity index (χ1) is 60.3. The van der Waals surface area contributed by atoms with Gasteiger partial charge in [0.05, 0.1) is 5.41 Å². The molecule has 21 aromatic carbocycles. The molecule has 0 radical (unpaired) electrons. The molecule has 0 heterocycles. The van der Waals surface area contributed by atoms with Crippen LogP contribution < -0.4 is 0 Å². The molecule has 2 nitrogen and oxygen atoms in total. The molecule has 0 aromatic heterocycles. The van der Waals surface area contributed by atoms with E-state index in [1.165, 1.54) is 0 Å². The van der Waals surface area contributed by atoms with E-state index < -0.39 is 15.7 Å². The fraction of sp³-hybridized carbons (Fsp3) is 0.0840. The molecular weight excluding hydrogens is 1490 g/mol. The van der Waals surface area contributed by atoms with Gasteiger partial charge in [0.25, 0.3) is 0 Å². The van der Waals surface area contributed by atoms with E-state index in [0.29, 0.717) is 17.8 Å². The zero-order chi connectivity index (χ0) is 80.6. The Morgan fingerprint density at radius 1 is 0.205 bits per heavy atom. The molecule has 4 fully saturated rings. The van der Waals surface area contributed by atoms with Crippen LogP contribution in [0.1, 0.15) is 38.5 Å². The average molecular weight is 1580 g/mol. The van der Waals surface area contributed by atoms with Gasteiger partial charge in [0.2, 0.25) is 0 Å². The van der Waals surface area contributed by atoms with Crippen molar-refractivity contribution < 1.29 is 8.98 Å². The Morgan fingerprint density at radius 3 is 0.566 bits per heavy atom. The van der Waals surface area contributed by atoms with Crippen molar-refractivity contribution in [3.63, 3.8) is 0 Å². The number of carbonyl (C=O) groups excluding carboxylic acids is 1. The van der Waals surface area contributed by atoms with Crippen molar-refractivity contribution >= 4 is 113 Å². The van der Waals surface area contributed by atoms with Crippen LogP contribution in [-0.4, -0.2) is 5.97 Å². The van der Waals surface area contributed by atoms with Crippen LogP contribution in [0.15, 0.2) is 433 Å².